The summed E-state index contributed by atoms with van der Waals surface area (Å²) in [5, 5.41) is 6.58. The first-order valence-electron chi connectivity index (χ1n) is 4.30. The fraction of sp³-hybridized carbons (Fsp3) is 0.100. The van der Waals surface area contributed by atoms with Crippen molar-refractivity contribution in [3.05, 3.63) is 42.0 Å². The summed E-state index contributed by atoms with van der Waals surface area (Å²) >= 11 is 0. The first-order valence-corrected chi connectivity index (χ1v) is 4.30. The van der Waals surface area contributed by atoms with Gasteiger partial charge in [0.2, 0.25) is 0 Å². The Labute approximate surface area is 80.8 Å². The lowest BCUT2D eigenvalue weighted by atomic mass is 10.1. The highest BCUT2D eigenvalue weighted by molar-refractivity contribution is 5.65. The maximum absolute atomic E-state index is 13.4. The van der Waals surface area contributed by atoms with E-state index >= 15 is 0 Å². The first-order chi connectivity index (χ1) is 6.83. The Morgan fingerprint density at radius 3 is 2.79 bits per heavy atom. The van der Waals surface area contributed by atoms with Crippen LogP contribution < -0.4 is 5.73 Å². The van der Waals surface area contributed by atoms with Gasteiger partial charge in [0.05, 0.1) is 11.9 Å². The van der Waals surface area contributed by atoms with E-state index in [1.807, 2.05) is 0 Å². The van der Waals surface area contributed by atoms with E-state index in [0.29, 0.717) is 12.1 Å². The van der Waals surface area contributed by atoms with E-state index in [2.05, 4.69) is 10.2 Å². The summed E-state index contributed by atoms with van der Waals surface area (Å²) in [4.78, 5) is 0. The number of nitrogens with two attached hydrogens (primary N) is 1. The van der Waals surface area contributed by atoms with E-state index in [1.54, 1.807) is 24.4 Å². The number of halogens is 1. The third kappa shape index (κ3) is 1.40. The summed E-state index contributed by atoms with van der Waals surface area (Å²) in [6.45, 7) is 0.323. The van der Waals surface area contributed by atoms with Crippen LogP contribution in [0.1, 0.15) is 5.69 Å². The second kappa shape index (κ2) is 3.59. The Morgan fingerprint density at radius 2 is 2.07 bits per heavy atom. The summed E-state index contributed by atoms with van der Waals surface area (Å²) in [6.07, 6.45) is 1.58. The highest BCUT2D eigenvalue weighted by atomic mass is 19.1. The molecule has 3 N–H and O–H groups in total. The Bertz CT molecular complexity index is 436. The molecule has 0 aliphatic heterocycles. The monoisotopic (exact) mass is 191 g/mol. The number of benzene rings is 1. The average Bonchev–Trinajstić information content (AvgIpc) is 2.66. The fourth-order valence-corrected chi connectivity index (χ4v) is 1.38. The van der Waals surface area contributed by atoms with Crippen molar-refractivity contribution in [2.24, 2.45) is 5.73 Å². The van der Waals surface area contributed by atoms with Crippen LogP contribution in [0.4, 0.5) is 4.39 Å². The lowest BCUT2D eigenvalue weighted by Gasteiger charge is -2.01. The zero-order valence-electron chi connectivity index (χ0n) is 7.50. The average molecular weight is 191 g/mol. The number of nitrogens with one attached hydrogen (secondary N) is 1. The summed E-state index contributed by atoms with van der Waals surface area (Å²) in [5.41, 5.74) is 7.49. The number of nitrogens with zero attached hydrogens (tertiary/aromatic N) is 1. The molecule has 1 heterocycles. The third-order valence-corrected chi connectivity index (χ3v) is 2.09. The van der Waals surface area contributed by atoms with Gasteiger partial charge >= 0.3 is 0 Å². The number of hydrogen-bond donors (Lipinski definition) is 2. The highest BCUT2D eigenvalue weighted by Crippen LogP contribution is 2.24. The molecule has 1 aromatic carbocycles. The Balaban J connectivity index is 2.54. The highest BCUT2D eigenvalue weighted by Gasteiger charge is 2.09. The molecular formula is C10H10FN3. The number of rotatable bonds is 2. The van der Waals surface area contributed by atoms with Crippen molar-refractivity contribution in [3.8, 4) is 11.1 Å². The van der Waals surface area contributed by atoms with Gasteiger partial charge in [0.15, 0.2) is 0 Å². The number of aromatic nitrogens is 2. The van der Waals surface area contributed by atoms with Crippen molar-refractivity contribution < 1.29 is 4.39 Å². The van der Waals surface area contributed by atoms with Gasteiger partial charge in [-0.15, -0.1) is 0 Å². The minimum Gasteiger partial charge on any atom is -0.325 e. The van der Waals surface area contributed by atoms with Crippen molar-refractivity contribution in [1.82, 2.24) is 10.2 Å². The van der Waals surface area contributed by atoms with Crippen LogP contribution >= 0.6 is 0 Å². The Kier molecular flexibility index (Phi) is 2.28. The normalized spacial score (nSPS) is 10.4. The van der Waals surface area contributed by atoms with Gasteiger partial charge in [-0.05, 0) is 6.07 Å². The molecule has 14 heavy (non-hydrogen) atoms. The lowest BCUT2D eigenvalue weighted by molar-refractivity contribution is 0.631. The van der Waals surface area contributed by atoms with E-state index in [9.17, 15) is 4.39 Å². The van der Waals surface area contributed by atoms with Crippen LogP contribution in [0.5, 0.6) is 0 Å². The fourth-order valence-electron chi connectivity index (χ4n) is 1.38. The van der Waals surface area contributed by atoms with Crippen molar-refractivity contribution >= 4 is 0 Å². The molecule has 1 aromatic heterocycles. The van der Waals surface area contributed by atoms with Crippen LogP contribution in [0.3, 0.4) is 0 Å². The van der Waals surface area contributed by atoms with Gasteiger partial charge in [0.25, 0.3) is 0 Å². The molecule has 0 saturated heterocycles. The van der Waals surface area contributed by atoms with Crippen molar-refractivity contribution in [1.29, 1.82) is 0 Å². The minimum atomic E-state index is -0.261. The number of hydrogen-bond acceptors (Lipinski definition) is 2. The van der Waals surface area contributed by atoms with Gasteiger partial charge in [-0.3, -0.25) is 5.10 Å². The molecule has 0 aliphatic carbocycles. The van der Waals surface area contributed by atoms with E-state index in [1.165, 1.54) is 6.07 Å². The summed E-state index contributed by atoms with van der Waals surface area (Å²) in [7, 11) is 0. The van der Waals surface area contributed by atoms with Gasteiger partial charge in [-0.2, -0.15) is 5.10 Å². The second-order valence-electron chi connectivity index (χ2n) is 2.95. The van der Waals surface area contributed by atoms with Crippen LogP contribution in [0, 0.1) is 5.82 Å². The summed E-state index contributed by atoms with van der Waals surface area (Å²) in [6, 6.07) is 6.56. The lowest BCUT2D eigenvalue weighted by Crippen LogP contribution is -1.99. The molecule has 0 radical (unpaired) electrons. The van der Waals surface area contributed by atoms with Crippen LogP contribution in [0.2, 0.25) is 0 Å². The zero-order chi connectivity index (χ0) is 9.97. The molecule has 0 amide bonds. The SMILES string of the molecule is NCc1[nH]ncc1-c1ccccc1F. The van der Waals surface area contributed by atoms with Crippen molar-refractivity contribution in [2.75, 3.05) is 0 Å². The quantitative estimate of drug-likeness (QED) is 0.758. The molecule has 0 unspecified atom stereocenters. The molecule has 0 saturated carbocycles. The van der Waals surface area contributed by atoms with Gasteiger partial charge in [0.1, 0.15) is 5.82 Å². The smallest absolute Gasteiger partial charge is 0.131 e. The molecule has 4 heteroatoms. The molecule has 0 spiro atoms. The van der Waals surface area contributed by atoms with Gasteiger partial charge in [-0.1, -0.05) is 18.2 Å². The standard InChI is InChI=1S/C10H10FN3/c11-9-4-2-1-3-7(9)8-6-13-14-10(8)5-12/h1-4,6H,5,12H2,(H,13,14). The molecule has 0 atom stereocenters. The second-order valence-corrected chi connectivity index (χ2v) is 2.95. The van der Waals surface area contributed by atoms with Gasteiger partial charge in [0, 0.05) is 17.7 Å². The maximum atomic E-state index is 13.4. The maximum Gasteiger partial charge on any atom is 0.131 e. The van der Waals surface area contributed by atoms with E-state index in [4.69, 9.17) is 5.73 Å². The van der Waals surface area contributed by atoms with Crippen molar-refractivity contribution in [3.63, 3.8) is 0 Å². The largest absolute Gasteiger partial charge is 0.325 e. The summed E-state index contributed by atoms with van der Waals surface area (Å²) < 4.78 is 13.4. The molecule has 0 aliphatic rings. The van der Waals surface area contributed by atoms with E-state index in [-0.39, 0.29) is 5.82 Å². The molecule has 0 bridgehead atoms. The third-order valence-electron chi connectivity index (χ3n) is 2.09. The number of H-pyrrole nitrogens is 1. The topological polar surface area (TPSA) is 54.7 Å². The zero-order valence-corrected chi connectivity index (χ0v) is 7.50. The number of aromatic amines is 1. The molecule has 3 nitrogen and oxygen atoms in total. The molecular weight excluding hydrogens is 181 g/mol. The summed E-state index contributed by atoms with van der Waals surface area (Å²) in [5.74, 6) is -0.261. The van der Waals surface area contributed by atoms with Crippen LogP contribution in [-0.4, -0.2) is 10.2 Å². The molecule has 2 aromatic rings. The Hall–Kier alpha value is -1.68. The van der Waals surface area contributed by atoms with Crippen LogP contribution in [-0.2, 0) is 6.54 Å². The predicted octanol–water partition coefficient (Wildman–Crippen LogP) is 1.67. The van der Waals surface area contributed by atoms with Crippen molar-refractivity contribution in [2.45, 2.75) is 6.54 Å². The molecule has 0 fully saturated rings. The van der Waals surface area contributed by atoms with Crippen LogP contribution in [0.15, 0.2) is 30.5 Å². The molecule has 2 rings (SSSR count). The van der Waals surface area contributed by atoms with Gasteiger partial charge in [-0.25, -0.2) is 4.39 Å². The molecule has 72 valence electrons. The predicted molar refractivity (Wildman–Crippen MR) is 51.9 cm³/mol. The van der Waals surface area contributed by atoms with Gasteiger partial charge < -0.3 is 5.73 Å². The minimum absolute atomic E-state index is 0.261. The van der Waals surface area contributed by atoms with E-state index in [0.717, 1.165) is 11.3 Å². The Morgan fingerprint density at radius 1 is 1.29 bits per heavy atom. The van der Waals surface area contributed by atoms with E-state index < -0.39 is 0 Å². The van der Waals surface area contributed by atoms with Crippen LogP contribution in [0.25, 0.3) is 11.1 Å². The first kappa shape index (κ1) is 8.90.